The summed E-state index contributed by atoms with van der Waals surface area (Å²) in [5.74, 6) is -0.561. The molecule has 2 aromatic rings. The van der Waals surface area contributed by atoms with Crippen molar-refractivity contribution in [1.29, 1.82) is 0 Å². The van der Waals surface area contributed by atoms with Gasteiger partial charge in [0.2, 0.25) is 0 Å². The molecular weight excluding hydrogens is 343 g/mol. The Hall–Kier alpha value is -2.08. The van der Waals surface area contributed by atoms with Crippen LogP contribution in [-0.4, -0.2) is 18.2 Å². The van der Waals surface area contributed by atoms with Gasteiger partial charge >= 0.3 is 5.97 Å². The van der Waals surface area contributed by atoms with Gasteiger partial charge in [0.15, 0.2) is 0 Å². The first-order chi connectivity index (χ1) is 9.99. The van der Waals surface area contributed by atoms with Crippen LogP contribution in [-0.2, 0) is 6.61 Å². The summed E-state index contributed by atoms with van der Waals surface area (Å²) in [6.07, 6.45) is 0. The van der Waals surface area contributed by atoms with E-state index in [-0.39, 0.29) is 12.2 Å². The molecule has 0 unspecified atom stereocenters. The lowest BCUT2D eigenvalue weighted by Gasteiger charge is -2.10. The summed E-state index contributed by atoms with van der Waals surface area (Å²) in [7, 11) is 1.56. The maximum Gasteiger partial charge on any atom is 0.335 e. The van der Waals surface area contributed by atoms with Gasteiger partial charge in [-0.25, -0.2) is 9.18 Å². The summed E-state index contributed by atoms with van der Waals surface area (Å²) in [6.45, 7) is 0.0585. The summed E-state index contributed by atoms with van der Waals surface area (Å²) < 4.78 is 24.7. The third-order valence-electron chi connectivity index (χ3n) is 2.74. The van der Waals surface area contributed by atoms with E-state index >= 15 is 0 Å². The standard InChI is InChI=1S/C15H12BrFO4/c1-20-12-2-3-14(13(16)7-12)21-8-9-4-10(15(18)19)6-11(17)5-9/h2-7H,8H2,1H3,(H,18,19). The van der Waals surface area contributed by atoms with E-state index in [0.717, 1.165) is 6.07 Å². The minimum absolute atomic E-state index is 0.0585. The molecule has 2 aromatic carbocycles. The summed E-state index contributed by atoms with van der Waals surface area (Å²) in [5, 5.41) is 8.89. The third-order valence-corrected chi connectivity index (χ3v) is 3.36. The number of aromatic carboxylic acids is 1. The second-order valence-electron chi connectivity index (χ2n) is 4.24. The summed E-state index contributed by atoms with van der Waals surface area (Å²) >= 11 is 3.34. The van der Waals surface area contributed by atoms with Crippen LogP contribution in [0.1, 0.15) is 15.9 Å². The molecule has 0 aliphatic heterocycles. The van der Waals surface area contributed by atoms with Crippen molar-refractivity contribution < 1.29 is 23.8 Å². The molecule has 0 heterocycles. The number of halogens is 2. The number of hydrogen-bond donors (Lipinski definition) is 1. The molecule has 0 amide bonds. The van der Waals surface area contributed by atoms with Crippen molar-refractivity contribution in [3.05, 3.63) is 57.8 Å². The number of rotatable bonds is 5. The highest BCUT2D eigenvalue weighted by atomic mass is 79.9. The van der Waals surface area contributed by atoms with Crippen LogP contribution in [0.4, 0.5) is 4.39 Å². The predicted molar refractivity (Wildman–Crippen MR) is 78.4 cm³/mol. The zero-order chi connectivity index (χ0) is 15.4. The molecular formula is C15H12BrFO4. The third kappa shape index (κ3) is 3.95. The van der Waals surface area contributed by atoms with Gasteiger partial charge in [-0.05, 0) is 57.9 Å². The van der Waals surface area contributed by atoms with Crippen LogP contribution < -0.4 is 9.47 Å². The van der Waals surface area contributed by atoms with Crippen molar-refractivity contribution in [1.82, 2.24) is 0 Å². The van der Waals surface area contributed by atoms with Gasteiger partial charge in [0.05, 0.1) is 17.1 Å². The fourth-order valence-corrected chi connectivity index (χ4v) is 2.22. The minimum Gasteiger partial charge on any atom is -0.497 e. The fraction of sp³-hybridized carbons (Fsp3) is 0.133. The smallest absolute Gasteiger partial charge is 0.335 e. The Morgan fingerprint density at radius 1 is 1.29 bits per heavy atom. The summed E-state index contributed by atoms with van der Waals surface area (Å²) in [5.41, 5.74) is 0.331. The van der Waals surface area contributed by atoms with E-state index in [1.54, 1.807) is 25.3 Å². The predicted octanol–water partition coefficient (Wildman–Crippen LogP) is 3.87. The molecule has 0 spiro atoms. The number of methoxy groups -OCH3 is 1. The van der Waals surface area contributed by atoms with E-state index in [1.165, 1.54) is 12.1 Å². The number of ether oxygens (including phenoxy) is 2. The van der Waals surface area contributed by atoms with Crippen LogP contribution in [0.3, 0.4) is 0 Å². The molecule has 0 bridgehead atoms. The lowest BCUT2D eigenvalue weighted by Crippen LogP contribution is -2.02. The van der Waals surface area contributed by atoms with E-state index in [4.69, 9.17) is 14.6 Å². The quantitative estimate of drug-likeness (QED) is 0.885. The lowest BCUT2D eigenvalue weighted by molar-refractivity contribution is 0.0696. The molecule has 0 saturated carbocycles. The molecule has 0 aromatic heterocycles. The molecule has 0 atom stereocenters. The molecule has 21 heavy (non-hydrogen) atoms. The highest BCUT2D eigenvalue weighted by molar-refractivity contribution is 9.10. The number of carboxylic acids is 1. The molecule has 2 rings (SSSR count). The van der Waals surface area contributed by atoms with E-state index in [1.807, 2.05) is 0 Å². The normalized spacial score (nSPS) is 10.2. The second kappa shape index (κ2) is 6.58. The largest absolute Gasteiger partial charge is 0.497 e. The maximum absolute atomic E-state index is 13.3. The van der Waals surface area contributed by atoms with Crippen LogP contribution in [0.25, 0.3) is 0 Å². The van der Waals surface area contributed by atoms with Gasteiger partial charge < -0.3 is 14.6 Å². The van der Waals surface area contributed by atoms with Gasteiger partial charge in [-0.3, -0.25) is 0 Å². The number of carboxylic acid groups (broad SMARTS) is 1. The first kappa shape index (κ1) is 15.3. The van der Waals surface area contributed by atoms with Gasteiger partial charge in [0.25, 0.3) is 0 Å². The highest BCUT2D eigenvalue weighted by Gasteiger charge is 2.09. The summed E-state index contributed by atoms with van der Waals surface area (Å²) in [4.78, 5) is 10.9. The molecule has 1 N–H and O–H groups in total. The van der Waals surface area contributed by atoms with E-state index in [0.29, 0.717) is 21.5 Å². The Balaban J connectivity index is 2.14. The molecule has 0 aliphatic carbocycles. The average molecular weight is 355 g/mol. The van der Waals surface area contributed by atoms with Crippen LogP contribution in [0.5, 0.6) is 11.5 Å². The Bertz CT molecular complexity index is 673. The van der Waals surface area contributed by atoms with Gasteiger partial charge in [0.1, 0.15) is 23.9 Å². The Kier molecular flexibility index (Phi) is 4.80. The molecule has 0 saturated heterocycles. The van der Waals surface area contributed by atoms with Crippen molar-refractivity contribution in [2.45, 2.75) is 6.61 Å². The second-order valence-corrected chi connectivity index (χ2v) is 5.09. The van der Waals surface area contributed by atoms with Gasteiger partial charge in [-0.15, -0.1) is 0 Å². The monoisotopic (exact) mass is 354 g/mol. The lowest BCUT2D eigenvalue weighted by atomic mass is 10.1. The molecule has 4 nitrogen and oxygen atoms in total. The van der Waals surface area contributed by atoms with Gasteiger partial charge in [-0.2, -0.15) is 0 Å². The highest BCUT2D eigenvalue weighted by Crippen LogP contribution is 2.29. The van der Waals surface area contributed by atoms with Crippen molar-refractivity contribution >= 4 is 21.9 Å². The Labute approximate surface area is 129 Å². The minimum atomic E-state index is -1.18. The number of carbonyl (C=O) groups is 1. The number of benzene rings is 2. The first-order valence-electron chi connectivity index (χ1n) is 5.98. The average Bonchev–Trinajstić information content (AvgIpc) is 2.45. The van der Waals surface area contributed by atoms with E-state index in [2.05, 4.69) is 15.9 Å². The zero-order valence-corrected chi connectivity index (χ0v) is 12.7. The fourth-order valence-electron chi connectivity index (χ4n) is 1.74. The molecule has 0 aliphatic rings. The zero-order valence-electron chi connectivity index (χ0n) is 11.1. The van der Waals surface area contributed by atoms with Crippen LogP contribution in [0, 0.1) is 5.82 Å². The van der Waals surface area contributed by atoms with Gasteiger partial charge in [-0.1, -0.05) is 0 Å². The molecule has 110 valence electrons. The van der Waals surface area contributed by atoms with Crippen molar-refractivity contribution in [3.8, 4) is 11.5 Å². The molecule has 0 radical (unpaired) electrons. The van der Waals surface area contributed by atoms with E-state index in [9.17, 15) is 9.18 Å². The van der Waals surface area contributed by atoms with Crippen LogP contribution in [0.2, 0.25) is 0 Å². The van der Waals surface area contributed by atoms with Crippen molar-refractivity contribution in [2.75, 3.05) is 7.11 Å². The topological polar surface area (TPSA) is 55.8 Å². The van der Waals surface area contributed by atoms with Gasteiger partial charge in [0, 0.05) is 0 Å². The van der Waals surface area contributed by atoms with Crippen LogP contribution in [0.15, 0.2) is 40.9 Å². The first-order valence-corrected chi connectivity index (χ1v) is 6.78. The molecule has 6 heteroatoms. The Morgan fingerprint density at radius 3 is 2.67 bits per heavy atom. The summed E-state index contributed by atoms with van der Waals surface area (Å²) in [6, 6.07) is 8.76. The van der Waals surface area contributed by atoms with Crippen LogP contribution >= 0.6 is 15.9 Å². The number of hydrogen-bond acceptors (Lipinski definition) is 3. The Morgan fingerprint density at radius 2 is 2.05 bits per heavy atom. The SMILES string of the molecule is COc1ccc(OCc2cc(F)cc(C(=O)O)c2)c(Br)c1. The maximum atomic E-state index is 13.3. The molecule has 0 fully saturated rings. The van der Waals surface area contributed by atoms with Crippen molar-refractivity contribution in [3.63, 3.8) is 0 Å². The van der Waals surface area contributed by atoms with E-state index < -0.39 is 11.8 Å². The van der Waals surface area contributed by atoms with Crippen molar-refractivity contribution in [2.24, 2.45) is 0 Å².